The molecule has 5 rings (SSSR count). The summed E-state index contributed by atoms with van der Waals surface area (Å²) in [4.78, 5) is 30.7. The summed E-state index contributed by atoms with van der Waals surface area (Å²) in [5, 5.41) is 3.28. The fourth-order valence-corrected chi connectivity index (χ4v) is 5.39. The number of likely N-dealkylation sites (N-methyl/N-ethyl adjacent to an activating group) is 1. The highest BCUT2D eigenvalue weighted by molar-refractivity contribution is 6.00. The number of benzene rings is 1. The Hall–Kier alpha value is -2.61. The number of anilines is 1. The van der Waals surface area contributed by atoms with E-state index in [1.54, 1.807) is 6.20 Å². The molecule has 7 nitrogen and oxygen atoms in total. The van der Waals surface area contributed by atoms with Crippen LogP contribution in [-0.2, 0) is 0 Å². The molecule has 2 aromatic rings. The first-order valence-electron chi connectivity index (χ1n) is 12.2. The molecule has 0 bridgehead atoms. The van der Waals surface area contributed by atoms with Gasteiger partial charge in [-0.15, -0.1) is 0 Å². The maximum Gasteiger partial charge on any atom is 0.256 e. The number of nitrogens with zero attached hydrogens (tertiary/aromatic N) is 3. The molecule has 0 spiro atoms. The number of carbonyl (C=O) groups is 1. The van der Waals surface area contributed by atoms with Gasteiger partial charge in [0.05, 0.1) is 16.9 Å². The number of pyridine rings is 1. The van der Waals surface area contributed by atoms with Crippen molar-refractivity contribution < 1.29 is 13.9 Å². The second kappa shape index (κ2) is 8.97. The van der Waals surface area contributed by atoms with E-state index in [9.17, 15) is 9.59 Å². The zero-order valence-electron chi connectivity index (χ0n) is 19.5. The number of nitrogens with one attached hydrogen (secondary N) is 1. The van der Waals surface area contributed by atoms with E-state index >= 15 is 4.39 Å². The molecule has 33 heavy (non-hydrogen) atoms. The second-order valence-electron chi connectivity index (χ2n) is 9.82. The average molecular weight is 457 g/mol. The van der Waals surface area contributed by atoms with Crippen LogP contribution >= 0.6 is 0 Å². The van der Waals surface area contributed by atoms with Gasteiger partial charge in [-0.05, 0) is 32.9 Å². The SMILES string of the molecule is C[C@H]1COc2c(N3CCN(C)CC3)c(F)cc3c(=O)c(C(=O)NC4CCCCCC4)cn1c23. The van der Waals surface area contributed by atoms with Gasteiger partial charge in [0.2, 0.25) is 5.43 Å². The Morgan fingerprint density at radius 3 is 2.52 bits per heavy atom. The molecular weight excluding hydrogens is 423 g/mol. The number of carbonyl (C=O) groups excluding carboxylic acids is 1. The van der Waals surface area contributed by atoms with Gasteiger partial charge in [0.25, 0.3) is 5.91 Å². The summed E-state index contributed by atoms with van der Waals surface area (Å²) >= 11 is 0. The van der Waals surface area contributed by atoms with E-state index < -0.39 is 11.2 Å². The lowest BCUT2D eigenvalue weighted by molar-refractivity contribution is 0.0931. The summed E-state index contributed by atoms with van der Waals surface area (Å²) in [6.45, 7) is 5.40. The number of aromatic nitrogens is 1. The summed E-state index contributed by atoms with van der Waals surface area (Å²) in [7, 11) is 2.05. The maximum absolute atomic E-state index is 15.4. The van der Waals surface area contributed by atoms with Crippen LogP contribution in [0.3, 0.4) is 0 Å². The number of ether oxygens (including phenoxy) is 1. The molecule has 1 atom stereocenters. The van der Waals surface area contributed by atoms with Gasteiger partial charge in [0.15, 0.2) is 11.6 Å². The first-order valence-corrected chi connectivity index (χ1v) is 12.2. The number of amides is 1. The van der Waals surface area contributed by atoms with Crippen molar-refractivity contribution in [2.45, 2.75) is 57.5 Å². The molecule has 0 radical (unpaired) electrons. The Labute approximate surface area is 193 Å². The Bertz CT molecular complexity index is 1120. The lowest BCUT2D eigenvalue weighted by atomic mass is 10.0. The third kappa shape index (κ3) is 4.09. The van der Waals surface area contributed by atoms with Crippen LogP contribution in [0.2, 0.25) is 0 Å². The molecule has 178 valence electrons. The topological polar surface area (TPSA) is 66.8 Å². The standard InChI is InChI=1S/C25H33FN4O3/c1-16-15-33-24-21-18(13-20(26)22(24)29-11-9-28(2)10-12-29)23(31)19(14-30(16)21)25(32)27-17-7-5-3-4-6-8-17/h13-14,16-17H,3-12,15H2,1-2H3,(H,27,32)/t16-/m0/s1. The van der Waals surface area contributed by atoms with Crippen LogP contribution in [0.5, 0.6) is 5.75 Å². The molecule has 1 aromatic heterocycles. The minimum atomic E-state index is -0.471. The number of hydrogen-bond donors (Lipinski definition) is 1. The lowest BCUT2D eigenvalue weighted by Crippen LogP contribution is -2.45. The summed E-state index contributed by atoms with van der Waals surface area (Å²) in [5.74, 6) is -0.414. The van der Waals surface area contributed by atoms with Gasteiger partial charge in [0, 0.05) is 38.4 Å². The molecule has 3 aliphatic rings. The van der Waals surface area contributed by atoms with E-state index in [2.05, 4.69) is 17.3 Å². The number of hydrogen-bond acceptors (Lipinski definition) is 5. The molecule has 1 saturated heterocycles. The first kappa shape index (κ1) is 22.2. The molecule has 1 amide bonds. The molecule has 2 fully saturated rings. The minimum absolute atomic E-state index is 0.0733. The predicted octanol–water partition coefficient (Wildman–Crippen LogP) is 3.30. The van der Waals surface area contributed by atoms with Crippen molar-refractivity contribution in [3.05, 3.63) is 33.9 Å². The van der Waals surface area contributed by atoms with Crippen molar-refractivity contribution in [1.82, 2.24) is 14.8 Å². The Balaban J connectivity index is 1.58. The van der Waals surface area contributed by atoms with Gasteiger partial charge in [-0.2, -0.15) is 0 Å². The summed E-state index contributed by atoms with van der Waals surface area (Å²) in [6, 6.07) is 1.31. The van der Waals surface area contributed by atoms with Crippen molar-refractivity contribution in [3.8, 4) is 5.75 Å². The number of rotatable bonds is 3. The van der Waals surface area contributed by atoms with E-state index in [-0.39, 0.29) is 28.9 Å². The minimum Gasteiger partial charge on any atom is -0.487 e. The fraction of sp³-hybridized carbons (Fsp3) is 0.600. The van der Waals surface area contributed by atoms with Gasteiger partial charge < -0.3 is 24.4 Å². The van der Waals surface area contributed by atoms with Gasteiger partial charge in [-0.3, -0.25) is 9.59 Å². The summed E-state index contributed by atoms with van der Waals surface area (Å²) in [6.07, 6.45) is 8.07. The Kier molecular flexibility index (Phi) is 6.03. The zero-order chi connectivity index (χ0) is 23.1. The van der Waals surface area contributed by atoms with E-state index in [4.69, 9.17) is 4.74 Å². The van der Waals surface area contributed by atoms with Crippen LogP contribution < -0.4 is 20.4 Å². The van der Waals surface area contributed by atoms with Crippen LogP contribution in [0, 0.1) is 5.82 Å². The normalized spacial score (nSPS) is 22.2. The molecule has 0 unspecified atom stereocenters. The van der Waals surface area contributed by atoms with Crippen LogP contribution in [-0.4, -0.2) is 61.2 Å². The second-order valence-corrected chi connectivity index (χ2v) is 9.82. The van der Waals surface area contributed by atoms with Gasteiger partial charge in [0.1, 0.15) is 17.9 Å². The third-order valence-electron chi connectivity index (χ3n) is 7.40. The molecule has 1 aromatic carbocycles. The Morgan fingerprint density at radius 1 is 1.12 bits per heavy atom. The predicted molar refractivity (Wildman–Crippen MR) is 127 cm³/mol. The van der Waals surface area contributed by atoms with E-state index in [1.807, 2.05) is 16.4 Å². The van der Waals surface area contributed by atoms with Gasteiger partial charge in [-0.1, -0.05) is 25.7 Å². The highest BCUT2D eigenvalue weighted by Gasteiger charge is 2.31. The fourth-order valence-electron chi connectivity index (χ4n) is 5.39. The zero-order valence-corrected chi connectivity index (χ0v) is 19.5. The van der Waals surface area contributed by atoms with Crippen molar-refractivity contribution in [2.24, 2.45) is 0 Å². The first-order chi connectivity index (χ1) is 15.9. The highest BCUT2D eigenvalue weighted by Crippen LogP contribution is 2.42. The molecule has 1 aliphatic carbocycles. The Morgan fingerprint density at radius 2 is 1.82 bits per heavy atom. The van der Waals surface area contributed by atoms with E-state index in [1.165, 1.54) is 18.9 Å². The van der Waals surface area contributed by atoms with Crippen LogP contribution in [0.25, 0.3) is 10.9 Å². The largest absolute Gasteiger partial charge is 0.487 e. The van der Waals surface area contributed by atoms with Crippen LogP contribution in [0.15, 0.2) is 17.1 Å². The number of halogens is 1. The van der Waals surface area contributed by atoms with Crippen molar-refractivity contribution in [2.75, 3.05) is 44.7 Å². The van der Waals surface area contributed by atoms with Crippen LogP contribution in [0.4, 0.5) is 10.1 Å². The molecule has 1 N–H and O–H groups in total. The molecule has 1 saturated carbocycles. The van der Waals surface area contributed by atoms with Crippen molar-refractivity contribution in [3.63, 3.8) is 0 Å². The highest BCUT2D eigenvalue weighted by atomic mass is 19.1. The van der Waals surface area contributed by atoms with Gasteiger partial charge >= 0.3 is 0 Å². The van der Waals surface area contributed by atoms with Crippen molar-refractivity contribution in [1.29, 1.82) is 0 Å². The third-order valence-corrected chi connectivity index (χ3v) is 7.40. The maximum atomic E-state index is 15.4. The van der Waals surface area contributed by atoms with Gasteiger partial charge in [-0.25, -0.2) is 4.39 Å². The summed E-state index contributed by atoms with van der Waals surface area (Å²) in [5.41, 5.74) is 0.653. The lowest BCUT2D eigenvalue weighted by Gasteiger charge is -2.37. The number of piperazine rings is 1. The van der Waals surface area contributed by atoms with Crippen molar-refractivity contribution >= 4 is 22.5 Å². The molecule has 8 heteroatoms. The van der Waals surface area contributed by atoms with E-state index in [0.717, 1.165) is 38.8 Å². The van der Waals surface area contributed by atoms with Crippen LogP contribution in [0.1, 0.15) is 61.8 Å². The summed E-state index contributed by atoms with van der Waals surface area (Å²) < 4.78 is 23.4. The monoisotopic (exact) mass is 456 g/mol. The molecule has 3 heterocycles. The molecular formula is C25H33FN4O3. The smallest absolute Gasteiger partial charge is 0.256 e. The average Bonchev–Trinajstić information content (AvgIpc) is 3.07. The molecule has 2 aliphatic heterocycles. The van der Waals surface area contributed by atoms with E-state index in [0.29, 0.717) is 36.6 Å². The quantitative estimate of drug-likeness (QED) is 0.718.